The van der Waals surface area contributed by atoms with Gasteiger partial charge in [-0.05, 0) is 68.8 Å². The fourth-order valence-corrected chi connectivity index (χ4v) is 3.37. The third kappa shape index (κ3) is 4.31. The lowest BCUT2D eigenvalue weighted by molar-refractivity contribution is 0.0955. The van der Waals surface area contributed by atoms with Crippen LogP contribution in [0.25, 0.3) is 5.69 Å². The zero-order valence-corrected chi connectivity index (χ0v) is 17.6. The van der Waals surface area contributed by atoms with Crippen LogP contribution in [0, 0.1) is 20.8 Å². The molecule has 1 amide bonds. The molecular weight excluding hydrogens is 426 g/mol. The Labute approximate surface area is 172 Å². The molecule has 0 radical (unpaired) electrons. The van der Waals surface area contributed by atoms with Crippen LogP contribution in [-0.2, 0) is 0 Å². The number of carbonyl (C=O) groups is 1. The number of nitrogens with zero attached hydrogens (tertiary/aromatic N) is 2. The number of benzene rings is 2. The fraction of sp³-hybridized carbons (Fsp3) is 0.143. The van der Waals surface area contributed by atoms with Crippen molar-refractivity contribution in [2.45, 2.75) is 20.8 Å². The second-order valence-electron chi connectivity index (χ2n) is 6.30. The van der Waals surface area contributed by atoms with Crippen LogP contribution in [0.2, 0.25) is 5.02 Å². The van der Waals surface area contributed by atoms with Crippen molar-refractivity contribution in [3.8, 4) is 5.69 Å². The number of hydrogen-bond donors (Lipinski definition) is 1. The summed E-state index contributed by atoms with van der Waals surface area (Å²) in [6.45, 7) is 6.10. The number of hydrogen-bond acceptors (Lipinski definition) is 2. The molecule has 1 N–H and O–H groups in total. The molecule has 3 rings (SSSR count). The summed E-state index contributed by atoms with van der Waals surface area (Å²) >= 11 is 9.53. The number of amides is 1. The van der Waals surface area contributed by atoms with Gasteiger partial charge in [0.05, 0.1) is 6.21 Å². The highest BCUT2D eigenvalue weighted by Gasteiger charge is 2.12. The van der Waals surface area contributed by atoms with E-state index in [1.807, 2.05) is 50.2 Å². The quantitative estimate of drug-likeness (QED) is 0.414. The van der Waals surface area contributed by atoms with Crippen molar-refractivity contribution < 1.29 is 4.79 Å². The first-order valence-electron chi connectivity index (χ1n) is 8.41. The number of nitrogens with one attached hydrogen (secondary N) is 1. The topological polar surface area (TPSA) is 46.4 Å². The number of rotatable bonds is 4. The van der Waals surface area contributed by atoms with Gasteiger partial charge in [-0.1, -0.05) is 33.6 Å². The van der Waals surface area contributed by atoms with Gasteiger partial charge in [-0.25, -0.2) is 5.43 Å². The van der Waals surface area contributed by atoms with Crippen LogP contribution >= 0.6 is 27.5 Å². The predicted octanol–water partition coefficient (Wildman–Crippen LogP) is 5.58. The van der Waals surface area contributed by atoms with Crippen molar-refractivity contribution in [2.24, 2.45) is 5.10 Å². The number of aromatic nitrogens is 1. The first kappa shape index (κ1) is 19.4. The van der Waals surface area contributed by atoms with E-state index < -0.39 is 0 Å². The molecule has 0 aliphatic rings. The fourth-order valence-electron chi connectivity index (χ4n) is 2.94. The van der Waals surface area contributed by atoms with Gasteiger partial charge in [0, 0.05) is 37.7 Å². The maximum absolute atomic E-state index is 12.1. The molecule has 3 aromatic rings. The summed E-state index contributed by atoms with van der Waals surface area (Å²) in [5.74, 6) is -0.252. The summed E-state index contributed by atoms with van der Waals surface area (Å²) in [7, 11) is 0. The molecule has 0 bridgehead atoms. The van der Waals surface area contributed by atoms with E-state index in [2.05, 4.69) is 37.9 Å². The Bertz CT molecular complexity index is 1020. The lowest BCUT2D eigenvalue weighted by atomic mass is 10.2. The number of hydrazone groups is 1. The average Bonchev–Trinajstić information content (AvgIpc) is 2.91. The summed E-state index contributed by atoms with van der Waals surface area (Å²) in [6, 6.07) is 15.0. The van der Waals surface area contributed by atoms with Gasteiger partial charge in [-0.3, -0.25) is 4.79 Å². The van der Waals surface area contributed by atoms with Crippen molar-refractivity contribution >= 4 is 39.7 Å². The zero-order chi connectivity index (χ0) is 19.6. The van der Waals surface area contributed by atoms with Crippen LogP contribution in [0.3, 0.4) is 0 Å². The first-order chi connectivity index (χ1) is 12.9. The Kier molecular flexibility index (Phi) is 5.82. The smallest absolute Gasteiger partial charge is 0.271 e. The molecule has 1 aromatic heterocycles. The molecular formula is C21H19BrClN3O. The van der Waals surface area contributed by atoms with Gasteiger partial charge in [0.1, 0.15) is 0 Å². The Morgan fingerprint density at radius 1 is 1.11 bits per heavy atom. The average molecular weight is 445 g/mol. The third-order valence-corrected chi connectivity index (χ3v) is 5.12. The Balaban J connectivity index is 1.82. The van der Waals surface area contributed by atoms with Crippen LogP contribution in [0.5, 0.6) is 0 Å². The van der Waals surface area contributed by atoms with Crippen molar-refractivity contribution in [3.05, 3.63) is 86.1 Å². The minimum Gasteiger partial charge on any atom is -0.318 e. The van der Waals surface area contributed by atoms with Crippen molar-refractivity contribution in [1.82, 2.24) is 9.99 Å². The van der Waals surface area contributed by atoms with Gasteiger partial charge < -0.3 is 4.57 Å². The maximum Gasteiger partial charge on any atom is 0.271 e. The second kappa shape index (κ2) is 8.11. The molecule has 4 nitrogen and oxygen atoms in total. The standard InChI is InChI=1S/C21H19BrClN3O/c1-13-4-9-19(23)11-20(13)26-14(2)10-17(15(26)3)12-24-25-21(27)16-5-7-18(22)8-6-16/h4-12H,1-3H3,(H,25,27)/b24-12-. The molecule has 0 atom stereocenters. The largest absolute Gasteiger partial charge is 0.318 e. The van der Waals surface area contributed by atoms with Crippen LogP contribution in [-0.4, -0.2) is 16.7 Å². The Morgan fingerprint density at radius 2 is 1.81 bits per heavy atom. The summed E-state index contributed by atoms with van der Waals surface area (Å²) in [5.41, 5.74) is 8.32. The van der Waals surface area contributed by atoms with Gasteiger partial charge >= 0.3 is 0 Å². The zero-order valence-electron chi connectivity index (χ0n) is 15.3. The van der Waals surface area contributed by atoms with E-state index in [-0.39, 0.29) is 5.91 Å². The van der Waals surface area contributed by atoms with Crippen LogP contribution in [0.1, 0.15) is 32.9 Å². The SMILES string of the molecule is Cc1ccc(Cl)cc1-n1c(C)cc(/C=N\NC(=O)c2ccc(Br)cc2)c1C. The molecule has 2 aromatic carbocycles. The van der Waals surface area contributed by atoms with Gasteiger partial charge in [0.15, 0.2) is 0 Å². The van der Waals surface area contributed by atoms with E-state index in [0.29, 0.717) is 10.6 Å². The summed E-state index contributed by atoms with van der Waals surface area (Å²) in [6.07, 6.45) is 1.66. The lowest BCUT2D eigenvalue weighted by Gasteiger charge is -2.13. The first-order valence-corrected chi connectivity index (χ1v) is 9.58. The van der Waals surface area contributed by atoms with Crippen molar-refractivity contribution in [1.29, 1.82) is 0 Å². The third-order valence-electron chi connectivity index (χ3n) is 4.36. The highest BCUT2D eigenvalue weighted by molar-refractivity contribution is 9.10. The van der Waals surface area contributed by atoms with Crippen LogP contribution < -0.4 is 5.43 Å². The highest BCUT2D eigenvalue weighted by atomic mass is 79.9. The molecule has 0 saturated heterocycles. The number of carbonyl (C=O) groups excluding carboxylic acids is 1. The van der Waals surface area contributed by atoms with Gasteiger partial charge in [-0.15, -0.1) is 0 Å². The molecule has 138 valence electrons. The molecule has 1 heterocycles. The molecule has 0 aliphatic heterocycles. The predicted molar refractivity (Wildman–Crippen MR) is 114 cm³/mol. The Morgan fingerprint density at radius 3 is 2.52 bits per heavy atom. The molecule has 0 unspecified atom stereocenters. The van der Waals surface area contributed by atoms with E-state index in [1.54, 1.807) is 18.3 Å². The van der Waals surface area contributed by atoms with E-state index in [0.717, 1.165) is 32.7 Å². The van der Waals surface area contributed by atoms with E-state index in [9.17, 15) is 4.79 Å². The summed E-state index contributed by atoms with van der Waals surface area (Å²) in [5, 5.41) is 4.81. The second-order valence-corrected chi connectivity index (χ2v) is 7.65. The summed E-state index contributed by atoms with van der Waals surface area (Å²) in [4.78, 5) is 12.1. The minimum absolute atomic E-state index is 0.252. The van der Waals surface area contributed by atoms with Crippen molar-refractivity contribution in [2.75, 3.05) is 0 Å². The minimum atomic E-state index is -0.252. The van der Waals surface area contributed by atoms with Gasteiger partial charge in [-0.2, -0.15) is 5.10 Å². The van der Waals surface area contributed by atoms with E-state index >= 15 is 0 Å². The van der Waals surface area contributed by atoms with Crippen LogP contribution in [0.4, 0.5) is 0 Å². The maximum atomic E-state index is 12.1. The molecule has 0 saturated carbocycles. The normalized spacial score (nSPS) is 11.1. The van der Waals surface area contributed by atoms with E-state index in [4.69, 9.17) is 11.6 Å². The van der Waals surface area contributed by atoms with E-state index in [1.165, 1.54) is 0 Å². The highest BCUT2D eigenvalue weighted by Crippen LogP contribution is 2.25. The van der Waals surface area contributed by atoms with Gasteiger partial charge in [0.25, 0.3) is 5.91 Å². The molecule has 0 fully saturated rings. The number of halogens is 2. The number of aryl methyl sites for hydroxylation is 2. The Hall–Kier alpha value is -2.37. The molecule has 6 heteroatoms. The molecule has 0 aliphatic carbocycles. The molecule has 0 spiro atoms. The molecule has 27 heavy (non-hydrogen) atoms. The van der Waals surface area contributed by atoms with Crippen molar-refractivity contribution in [3.63, 3.8) is 0 Å². The van der Waals surface area contributed by atoms with Crippen LogP contribution in [0.15, 0.2) is 58.1 Å². The lowest BCUT2D eigenvalue weighted by Crippen LogP contribution is -2.17. The van der Waals surface area contributed by atoms with Gasteiger partial charge in [0.2, 0.25) is 0 Å². The monoisotopic (exact) mass is 443 g/mol. The summed E-state index contributed by atoms with van der Waals surface area (Å²) < 4.78 is 3.06.